The van der Waals surface area contributed by atoms with Crippen LogP contribution in [0, 0.1) is 18.3 Å². The Kier molecular flexibility index (Phi) is 3.74. The van der Waals surface area contributed by atoms with Gasteiger partial charge < -0.3 is 15.0 Å². The Bertz CT molecular complexity index is 921. The maximum atomic E-state index is 12.8. The molecule has 1 aromatic heterocycles. The number of pyridine rings is 1. The number of aryl methyl sites for hydroxylation is 1. The zero-order valence-electron chi connectivity index (χ0n) is 12.6. The molecule has 3 rings (SSSR count). The lowest BCUT2D eigenvalue weighted by molar-refractivity contribution is 0.389. The van der Waals surface area contributed by atoms with Crippen molar-refractivity contribution in [2.24, 2.45) is 12.8 Å². The van der Waals surface area contributed by atoms with Crippen LogP contribution in [0.4, 0.5) is 0 Å². The lowest BCUT2D eigenvalue weighted by Gasteiger charge is -2.26. The van der Waals surface area contributed by atoms with E-state index in [0.717, 1.165) is 15.7 Å². The highest BCUT2D eigenvalue weighted by atomic mass is 79.9. The molecule has 2 N–H and O–H groups in total. The van der Waals surface area contributed by atoms with E-state index < -0.39 is 5.92 Å². The largest absolute Gasteiger partial charge is 0.440 e. The van der Waals surface area contributed by atoms with Crippen molar-refractivity contribution in [1.29, 1.82) is 5.26 Å². The minimum atomic E-state index is -0.531. The van der Waals surface area contributed by atoms with E-state index in [-0.39, 0.29) is 17.0 Å². The molecule has 1 atom stereocenters. The molecule has 2 aromatic rings. The van der Waals surface area contributed by atoms with E-state index in [1.54, 1.807) is 17.7 Å². The summed E-state index contributed by atoms with van der Waals surface area (Å²) in [7, 11) is 1.70. The van der Waals surface area contributed by atoms with Crippen molar-refractivity contribution in [1.82, 2.24) is 4.57 Å². The summed E-state index contributed by atoms with van der Waals surface area (Å²) in [6, 6.07) is 11.3. The summed E-state index contributed by atoms with van der Waals surface area (Å²) in [6.45, 7) is 1.82. The standard InChI is InChI=1S/C17H14BrN3O2/c1-9-7-13-15(17(22)21(9)2)14(12(8-19)16(20)23-13)10-3-5-11(18)6-4-10/h3-7,14H,20H2,1-2H3. The van der Waals surface area contributed by atoms with Crippen LogP contribution < -0.4 is 16.0 Å². The lowest BCUT2D eigenvalue weighted by Crippen LogP contribution is -2.31. The number of ether oxygens (including phenoxy) is 1. The zero-order valence-corrected chi connectivity index (χ0v) is 14.2. The van der Waals surface area contributed by atoms with Crippen molar-refractivity contribution >= 4 is 15.9 Å². The summed E-state index contributed by atoms with van der Waals surface area (Å²) in [5.74, 6) is -0.0771. The van der Waals surface area contributed by atoms with Crippen molar-refractivity contribution in [2.75, 3.05) is 0 Å². The van der Waals surface area contributed by atoms with Crippen LogP contribution in [0.5, 0.6) is 5.75 Å². The third-order valence-electron chi connectivity index (χ3n) is 4.06. The number of halogens is 1. The van der Waals surface area contributed by atoms with Gasteiger partial charge in [0.2, 0.25) is 5.88 Å². The van der Waals surface area contributed by atoms with Gasteiger partial charge >= 0.3 is 0 Å². The molecule has 0 amide bonds. The second-order valence-corrected chi connectivity index (χ2v) is 6.32. The van der Waals surface area contributed by atoms with Crippen LogP contribution in [0.15, 0.2) is 51.1 Å². The molecule has 0 spiro atoms. The molecule has 5 nitrogen and oxygen atoms in total. The molecule has 23 heavy (non-hydrogen) atoms. The van der Waals surface area contributed by atoms with Crippen LogP contribution in [0.1, 0.15) is 22.7 Å². The highest BCUT2D eigenvalue weighted by Gasteiger charge is 2.33. The molecule has 0 saturated heterocycles. The topological polar surface area (TPSA) is 81.0 Å². The van der Waals surface area contributed by atoms with Crippen LogP contribution in [-0.4, -0.2) is 4.57 Å². The monoisotopic (exact) mass is 371 g/mol. The fourth-order valence-electron chi connectivity index (χ4n) is 2.73. The smallest absolute Gasteiger partial charge is 0.258 e. The number of nitriles is 1. The summed E-state index contributed by atoms with van der Waals surface area (Å²) in [5, 5.41) is 9.50. The number of allylic oxidation sites excluding steroid dienone is 1. The number of hydrogen-bond donors (Lipinski definition) is 1. The van der Waals surface area contributed by atoms with Gasteiger partial charge in [0.25, 0.3) is 5.56 Å². The van der Waals surface area contributed by atoms with Gasteiger partial charge in [-0.05, 0) is 24.6 Å². The summed E-state index contributed by atoms with van der Waals surface area (Å²) < 4.78 is 8.00. The van der Waals surface area contributed by atoms with Gasteiger partial charge in [-0.3, -0.25) is 4.79 Å². The normalized spacial score (nSPS) is 16.5. The average molecular weight is 372 g/mol. The van der Waals surface area contributed by atoms with Gasteiger partial charge in [0, 0.05) is 23.3 Å². The third kappa shape index (κ3) is 2.43. The van der Waals surface area contributed by atoms with Crippen LogP contribution in [0.2, 0.25) is 0 Å². The van der Waals surface area contributed by atoms with Gasteiger partial charge in [-0.1, -0.05) is 28.1 Å². The van der Waals surface area contributed by atoms with Crippen molar-refractivity contribution < 1.29 is 4.74 Å². The maximum Gasteiger partial charge on any atom is 0.258 e. The molecule has 2 heterocycles. The second-order valence-electron chi connectivity index (χ2n) is 5.40. The van der Waals surface area contributed by atoms with E-state index in [0.29, 0.717) is 11.3 Å². The van der Waals surface area contributed by atoms with E-state index >= 15 is 0 Å². The zero-order chi connectivity index (χ0) is 16.7. The Labute approximate surface area is 141 Å². The third-order valence-corrected chi connectivity index (χ3v) is 4.58. The number of nitrogens with two attached hydrogens (primary N) is 1. The molecule has 116 valence electrons. The van der Waals surface area contributed by atoms with Crippen LogP contribution >= 0.6 is 15.9 Å². The van der Waals surface area contributed by atoms with Crippen molar-refractivity contribution in [3.8, 4) is 11.8 Å². The first-order chi connectivity index (χ1) is 10.9. The molecular weight excluding hydrogens is 358 g/mol. The molecule has 0 aliphatic carbocycles. The van der Waals surface area contributed by atoms with Crippen molar-refractivity contribution in [3.63, 3.8) is 0 Å². The van der Waals surface area contributed by atoms with E-state index in [1.165, 1.54) is 0 Å². The quantitative estimate of drug-likeness (QED) is 0.835. The Balaban J connectivity index is 2.33. The first-order valence-electron chi connectivity index (χ1n) is 6.97. The number of aromatic nitrogens is 1. The minimum absolute atomic E-state index is 0.0422. The average Bonchev–Trinajstić information content (AvgIpc) is 2.52. The number of fused-ring (bicyclic) bond motifs is 1. The summed E-state index contributed by atoms with van der Waals surface area (Å²) in [4.78, 5) is 12.8. The number of nitrogens with zero attached hydrogens (tertiary/aromatic N) is 2. The number of benzene rings is 1. The van der Waals surface area contributed by atoms with Gasteiger partial charge in [-0.15, -0.1) is 0 Å². The van der Waals surface area contributed by atoms with Crippen LogP contribution in [0.25, 0.3) is 0 Å². The van der Waals surface area contributed by atoms with Gasteiger partial charge in [0.1, 0.15) is 17.4 Å². The van der Waals surface area contributed by atoms with Gasteiger partial charge in [-0.25, -0.2) is 0 Å². The Morgan fingerprint density at radius 3 is 2.61 bits per heavy atom. The Morgan fingerprint density at radius 2 is 2.00 bits per heavy atom. The first-order valence-corrected chi connectivity index (χ1v) is 7.77. The van der Waals surface area contributed by atoms with Gasteiger partial charge in [0.15, 0.2) is 0 Å². The molecule has 1 aliphatic heterocycles. The minimum Gasteiger partial charge on any atom is -0.440 e. The summed E-state index contributed by atoms with van der Waals surface area (Å²) in [5.41, 5.74) is 8.00. The fourth-order valence-corrected chi connectivity index (χ4v) is 2.99. The Hall–Kier alpha value is -2.52. The highest BCUT2D eigenvalue weighted by molar-refractivity contribution is 9.10. The predicted octanol–water partition coefficient (Wildman–Crippen LogP) is 2.67. The maximum absolute atomic E-state index is 12.8. The Morgan fingerprint density at radius 1 is 1.35 bits per heavy atom. The molecule has 1 aromatic carbocycles. The SMILES string of the molecule is Cc1cc2c(c(=O)n1C)C(c1ccc(Br)cc1)C(C#N)=C(N)O2. The second kappa shape index (κ2) is 5.60. The fraction of sp³-hybridized carbons (Fsp3) is 0.176. The molecule has 0 bridgehead atoms. The molecule has 1 unspecified atom stereocenters. The van der Waals surface area contributed by atoms with E-state index in [9.17, 15) is 10.1 Å². The van der Waals surface area contributed by atoms with Gasteiger partial charge in [-0.2, -0.15) is 5.26 Å². The van der Waals surface area contributed by atoms with E-state index in [2.05, 4.69) is 22.0 Å². The van der Waals surface area contributed by atoms with Crippen LogP contribution in [0.3, 0.4) is 0 Å². The first kappa shape index (κ1) is 15.4. The van der Waals surface area contributed by atoms with Crippen molar-refractivity contribution in [3.05, 3.63) is 73.4 Å². The molecule has 1 aliphatic rings. The molecular formula is C17H14BrN3O2. The summed E-state index contributed by atoms with van der Waals surface area (Å²) >= 11 is 3.39. The molecule has 0 fully saturated rings. The molecule has 0 saturated carbocycles. The number of hydrogen-bond acceptors (Lipinski definition) is 4. The highest BCUT2D eigenvalue weighted by Crippen LogP contribution is 2.40. The van der Waals surface area contributed by atoms with Crippen LogP contribution in [-0.2, 0) is 7.05 Å². The lowest BCUT2D eigenvalue weighted by atomic mass is 9.84. The molecule has 6 heteroatoms. The predicted molar refractivity (Wildman–Crippen MR) is 89.9 cm³/mol. The number of rotatable bonds is 1. The summed E-state index contributed by atoms with van der Waals surface area (Å²) in [6.07, 6.45) is 0. The van der Waals surface area contributed by atoms with Gasteiger partial charge in [0.05, 0.1) is 11.5 Å². The molecule has 0 radical (unpaired) electrons. The van der Waals surface area contributed by atoms with E-state index in [1.807, 2.05) is 31.2 Å². The van der Waals surface area contributed by atoms with E-state index in [4.69, 9.17) is 10.5 Å². The van der Waals surface area contributed by atoms with Crippen molar-refractivity contribution in [2.45, 2.75) is 12.8 Å².